The van der Waals surface area contributed by atoms with Crippen molar-refractivity contribution in [1.29, 1.82) is 0 Å². The predicted molar refractivity (Wildman–Crippen MR) is 167 cm³/mol. The summed E-state index contributed by atoms with van der Waals surface area (Å²) in [5, 5.41) is 0. The normalized spacial score (nSPS) is 20.0. The highest BCUT2D eigenvalue weighted by Gasteiger charge is 2.31. The quantitative estimate of drug-likeness (QED) is 0.173. The lowest BCUT2D eigenvalue weighted by Crippen LogP contribution is -2.25. The Labute approximate surface area is 235 Å². The van der Waals surface area contributed by atoms with Crippen LogP contribution < -0.4 is 0 Å². The van der Waals surface area contributed by atoms with Gasteiger partial charge in [-0.25, -0.2) is 0 Å². The topological polar surface area (TPSA) is 34.1 Å². The summed E-state index contributed by atoms with van der Waals surface area (Å²) in [6, 6.07) is 0. The van der Waals surface area contributed by atoms with Gasteiger partial charge in [-0.05, 0) is 92.5 Å². The highest BCUT2D eigenvalue weighted by molar-refractivity contribution is 6.05. The Morgan fingerprint density at radius 3 is 2.08 bits per heavy atom. The second-order valence-electron chi connectivity index (χ2n) is 10.8. The zero-order chi connectivity index (χ0) is 28.8. The van der Waals surface area contributed by atoms with E-state index < -0.39 is 0 Å². The number of ketones is 2. The van der Waals surface area contributed by atoms with Crippen molar-refractivity contribution < 1.29 is 9.59 Å². The minimum absolute atomic E-state index is 0.0306. The van der Waals surface area contributed by atoms with Crippen LogP contribution >= 0.6 is 0 Å². The number of hydrogen-bond donors (Lipinski definition) is 0. The molecule has 2 aliphatic rings. The summed E-state index contributed by atoms with van der Waals surface area (Å²) >= 11 is 0. The van der Waals surface area contributed by atoms with Gasteiger partial charge in [0.25, 0.3) is 0 Å². The second-order valence-corrected chi connectivity index (χ2v) is 10.8. The van der Waals surface area contributed by atoms with Gasteiger partial charge >= 0.3 is 0 Å². The molecular formula is C37H42O2. The van der Waals surface area contributed by atoms with E-state index in [-0.39, 0.29) is 17.0 Å². The highest BCUT2D eigenvalue weighted by atomic mass is 16.1. The van der Waals surface area contributed by atoms with Crippen molar-refractivity contribution in [2.45, 2.75) is 61.3 Å². The number of carbonyl (C=O) groups is 2. The molecule has 0 fully saturated rings. The second kappa shape index (κ2) is 15.4. The van der Waals surface area contributed by atoms with Crippen LogP contribution in [-0.4, -0.2) is 11.6 Å². The molecule has 0 aromatic rings. The maximum atomic E-state index is 12.7. The molecule has 202 valence electrons. The smallest absolute Gasteiger partial charge is 0.181 e. The van der Waals surface area contributed by atoms with Crippen LogP contribution in [0.4, 0.5) is 0 Å². The number of allylic oxidation sites excluding steroid dienone is 23. The zero-order valence-electron chi connectivity index (χ0n) is 24.5. The molecule has 0 aliphatic heterocycles. The van der Waals surface area contributed by atoms with Crippen molar-refractivity contribution in [1.82, 2.24) is 0 Å². The van der Waals surface area contributed by atoms with Crippen molar-refractivity contribution in [3.63, 3.8) is 0 Å². The molecule has 0 amide bonds. The van der Waals surface area contributed by atoms with E-state index >= 15 is 0 Å². The minimum Gasteiger partial charge on any atom is -0.295 e. The Morgan fingerprint density at radius 1 is 0.872 bits per heavy atom. The number of rotatable bonds is 9. The van der Waals surface area contributed by atoms with Gasteiger partial charge in [-0.3, -0.25) is 9.59 Å². The van der Waals surface area contributed by atoms with E-state index in [1.165, 1.54) is 5.57 Å². The molecule has 0 saturated heterocycles. The van der Waals surface area contributed by atoms with Crippen LogP contribution in [0, 0.1) is 5.41 Å². The van der Waals surface area contributed by atoms with E-state index in [0.29, 0.717) is 12.0 Å². The first-order valence-corrected chi connectivity index (χ1v) is 13.5. The molecule has 0 heterocycles. The fourth-order valence-corrected chi connectivity index (χ4v) is 4.17. The Balaban J connectivity index is 1.92. The van der Waals surface area contributed by atoms with E-state index in [0.717, 1.165) is 34.3 Å². The molecular weight excluding hydrogens is 476 g/mol. The van der Waals surface area contributed by atoms with Gasteiger partial charge in [-0.2, -0.15) is 0 Å². The Bertz CT molecular complexity index is 1360. The summed E-state index contributed by atoms with van der Waals surface area (Å²) in [7, 11) is 0. The molecule has 0 aromatic carbocycles. The largest absolute Gasteiger partial charge is 0.295 e. The average molecular weight is 519 g/mol. The fourth-order valence-electron chi connectivity index (χ4n) is 4.17. The van der Waals surface area contributed by atoms with Crippen LogP contribution in [0.15, 0.2) is 148 Å². The van der Waals surface area contributed by atoms with Gasteiger partial charge in [-0.15, -0.1) is 5.73 Å². The molecule has 0 spiro atoms. The number of carbonyl (C=O) groups excluding carboxylic acids is 2. The van der Waals surface area contributed by atoms with Crippen LogP contribution in [0.2, 0.25) is 0 Å². The Hall–Kier alpha value is -4.00. The molecule has 2 aliphatic carbocycles. The van der Waals surface area contributed by atoms with Crippen molar-refractivity contribution in [2.24, 2.45) is 5.41 Å². The molecule has 0 atom stereocenters. The van der Waals surface area contributed by atoms with Crippen molar-refractivity contribution in [2.75, 3.05) is 0 Å². The summed E-state index contributed by atoms with van der Waals surface area (Å²) < 4.78 is 0. The molecule has 2 heteroatoms. The summed E-state index contributed by atoms with van der Waals surface area (Å²) in [4.78, 5) is 24.6. The third-order valence-corrected chi connectivity index (χ3v) is 6.43. The molecule has 0 unspecified atom stereocenters. The number of hydrogen-bond acceptors (Lipinski definition) is 2. The van der Waals surface area contributed by atoms with E-state index in [1.807, 2.05) is 83.2 Å². The van der Waals surface area contributed by atoms with Gasteiger partial charge in [0.05, 0.1) is 0 Å². The molecule has 2 nitrogen and oxygen atoms in total. The van der Waals surface area contributed by atoms with Crippen LogP contribution in [-0.2, 0) is 9.59 Å². The summed E-state index contributed by atoms with van der Waals surface area (Å²) in [5.41, 5.74) is 10.1. The van der Waals surface area contributed by atoms with Crippen LogP contribution in [0.3, 0.4) is 0 Å². The lowest BCUT2D eigenvalue weighted by molar-refractivity contribution is -0.116. The van der Waals surface area contributed by atoms with E-state index in [4.69, 9.17) is 0 Å². The summed E-state index contributed by atoms with van der Waals surface area (Å²) in [6.07, 6.45) is 35.1. The van der Waals surface area contributed by atoms with E-state index in [1.54, 1.807) is 12.2 Å². The van der Waals surface area contributed by atoms with E-state index in [2.05, 4.69) is 62.1 Å². The van der Waals surface area contributed by atoms with Gasteiger partial charge in [0.2, 0.25) is 0 Å². The maximum Gasteiger partial charge on any atom is 0.181 e. The minimum atomic E-state index is -0.328. The van der Waals surface area contributed by atoms with Crippen LogP contribution in [0.25, 0.3) is 0 Å². The molecule has 39 heavy (non-hydrogen) atoms. The highest BCUT2D eigenvalue weighted by Crippen LogP contribution is 2.39. The Kier molecular flexibility index (Phi) is 12.3. The molecule has 0 bridgehead atoms. The molecule has 0 saturated carbocycles. The lowest BCUT2D eigenvalue weighted by Gasteiger charge is -2.31. The van der Waals surface area contributed by atoms with Gasteiger partial charge in [-0.1, -0.05) is 110 Å². The first kappa shape index (κ1) is 31.2. The monoisotopic (exact) mass is 518 g/mol. The molecule has 2 rings (SSSR count). The molecule has 0 radical (unpaired) electrons. The molecule has 0 aromatic heterocycles. The maximum absolute atomic E-state index is 12.7. The van der Waals surface area contributed by atoms with Gasteiger partial charge in [0.1, 0.15) is 0 Å². The third-order valence-electron chi connectivity index (χ3n) is 6.43. The van der Waals surface area contributed by atoms with Crippen LogP contribution in [0.5, 0.6) is 0 Å². The first-order valence-electron chi connectivity index (χ1n) is 13.5. The summed E-state index contributed by atoms with van der Waals surface area (Å²) in [5.74, 6) is 0.0856. The van der Waals surface area contributed by atoms with Crippen LogP contribution in [0.1, 0.15) is 61.3 Å². The van der Waals surface area contributed by atoms with Crippen molar-refractivity contribution in [3.05, 3.63) is 148 Å². The molecule has 0 N–H and O–H groups in total. The summed E-state index contributed by atoms with van der Waals surface area (Å²) in [6.45, 7) is 13.9. The average Bonchev–Trinajstić information content (AvgIpc) is 2.87. The van der Waals surface area contributed by atoms with Gasteiger partial charge in [0, 0.05) is 6.42 Å². The lowest BCUT2D eigenvalue weighted by atomic mass is 9.72. The van der Waals surface area contributed by atoms with Crippen molar-refractivity contribution >= 4 is 11.6 Å². The van der Waals surface area contributed by atoms with Crippen molar-refractivity contribution in [3.8, 4) is 0 Å². The van der Waals surface area contributed by atoms with Gasteiger partial charge in [0.15, 0.2) is 11.6 Å². The zero-order valence-corrected chi connectivity index (χ0v) is 24.5. The standard InChI is InChI=1S/C37H42O2/c1-28(17-13-18-30(3)23-24-33-21-9-8-10-22-33)15-11-12-16-29(2)19-14-20-31(4)36(39)26-35-32(5)25-34(38)27-37(35,6)7/h8-21,23,25-26H,22,27H2,1-7H3/b12-11+,17-13+,19-14+,28-15+,29-16+,30-18+,31-20+,35-26?. The predicted octanol–water partition coefficient (Wildman–Crippen LogP) is 9.48. The van der Waals surface area contributed by atoms with E-state index in [9.17, 15) is 9.59 Å². The fraction of sp³-hybridized carbons (Fsp3) is 0.270. The SMILES string of the molecule is CC1=CC(=O)CC(C)(C)C1=CC(=O)/C(C)=C/C=C/C(C)=C/C=C/C=C(C)/C=C/C=C(\C)C=C=C1C=CC=CC1. The Morgan fingerprint density at radius 2 is 1.49 bits per heavy atom. The van der Waals surface area contributed by atoms with Gasteiger partial charge < -0.3 is 0 Å². The third kappa shape index (κ3) is 11.5. The first-order chi connectivity index (χ1) is 18.5.